The molecule has 2 rings (SSSR count). The molecule has 0 bridgehead atoms. The average Bonchev–Trinajstić information content (AvgIpc) is 2.79. The molecule has 114 valence electrons. The number of hydrogen-bond acceptors (Lipinski definition) is 4. The molecule has 0 amide bonds. The molecule has 1 aromatic carbocycles. The Labute approximate surface area is 125 Å². The van der Waals surface area contributed by atoms with E-state index in [1.165, 1.54) is 4.31 Å². The number of aromatic nitrogens is 2. The van der Waals surface area contributed by atoms with Gasteiger partial charge in [0.25, 0.3) is 0 Å². The Morgan fingerprint density at radius 3 is 2.43 bits per heavy atom. The number of aromatic amines is 1. The number of nitrogens with zero attached hydrogens (tertiary/aromatic N) is 2. The van der Waals surface area contributed by atoms with Crippen LogP contribution in [0.2, 0.25) is 0 Å². The zero-order valence-electron chi connectivity index (χ0n) is 12.2. The second-order valence-electron chi connectivity index (χ2n) is 4.88. The molecule has 0 saturated carbocycles. The standard InChI is InChI=1S/C14H20N4O2S/c1-11-14(12(2)17-16-11)21(19,20)18(9-8-15)10-13-6-4-3-5-7-13/h3-7H,8-10,15H2,1-2H3,(H,16,17). The van der Waals surface area contributed by atoms with Crippen LogP contribution in [-0.4, -0.2) is 36.0 Å². The normalized spacial score (nSPS) is 12.0. The van der Waals surface area contributed by atoms with E-state index in [9.17, 15) is 8.42 Å². The monoisotopic (exact) mass is 308 g/mol. The van der Waals surface area contributed by atoms with E-state index in [2.05, 4.69) is 10.2 Å². The molecule has 0 aliphatic carbocycles. The van der Waals surface area contributed by atoms with Crippen molar-refractivity contribution in [1.82, 2.24) is 14.5 Å². The molecule has 21 heavy (non-hydrogen) atoms. The summed E-state index contributed by atoms with van der Waals surface area (Å²) in [6, 6.07) is 9.46. The molecule has 6 nitrogen and oxygen atoms in total. The number of nitrogens with two attached hydrogens (primary N) is 1. The third-order valence-corrected chi connectivity index (χ3v) is 5.35. The molecule has 0 aliphatic heterocycles. The molecule has 0 fully saturated rings. The van der Waals surface area contributed by atoms with E-state index in [0.29, 0.717) is 17.9 Å². The molecule has 1 aromatic heterocycles. The Morgan fingerprint density at radius 2 is 1.90 bits per heavy atom. The van der Waals surface area contributed by atoms with Gasteiger partial charge in [0.15, 0.2) is 0 Å². The summed E-state index contributed by atoms with van der Waals surface area (Å²) in [5.41, 5.74) is 7.52. The van der Waals surface area contributed by atoms with Crippen LogP contribution < -0.4 is 5.73 Å². The molecule has 0 radical (unpaired) electrons. The molecule has 0 unspecified atom stereocenters. The topological polar surface area (TPSA) is 92.1 Å². The Kier molecular flexibility index (Phi) is 4.76. The van der Waals surface area contributed by atoms with Crippen molar-refractivity contribution in [3.05, 3.63) is 47.3 Å². The quantitative estimate of drug-likeness (QED) is 0.838. The zero-order chi connectivity index (χ0) is 15.5. The maximum absolute atomic E-state index is 12.8. The molecular formula is C14H20N4O2S. The summed E-state index contributed by atoms with van der Waals surface area (Å²) >= 11 is 0. The molecule has 0 aliphatic rings. The first-order chi connectivity index (χ1) is 9.96. The van der Waals surface area contributed by atoms with Crippen molar-refractivity contribution in [3.63, 3.8) is 0 Å². The maximum Gasteiger partial charge on any atom is 0.247 e. The molecule has 1 heterocycles. The van der Waals surface area contributed by atoms with Crippen molar-refractivity contribution in [1.29, 1.82) is 0 Å². The summed E-state index contributed by atoms with van der Waals surface area (Å²) < 4.78 is 27.1. The molecule has 2 aromatic rings. The van der Waals surface area contributed by atoms with E-state index < -0.39 is 10.0 Å². The minimum Gasteiger partial charge on any atom is -0.329 e. The Hall–Kier alpha value is -1.70. The minimum atomic E-state index is -3.62. The van der Waals surface area contributed by atoms with Gasteiger partial charge in [-0.3, -0.25) is 5.10 Å². The summed E-state index contributed by atoms with van der Waals surface area (Å²) in [6.45, 7) is 4.21. The van der Waals surface area contributed by atoms with E-state index in [-0.39, 0.29) is 18.0 Å². The fourth-order valence-electron chi connectivity index (χ4n) is 2.27. The van der Waals surface area contributed by atoms with Crippen LogP contribution in [0.4, 0.5) is 0 Å². The number of hydrogen-bond donors (Lipinski definition) is 2. The van der Waals surface area contributed by atoms with Crippen molar-refractivity contribution in [2.75, 3.05) is 13.1 Å². The van der Waals surface area contributed by atoms with Crippen LogP contribution in [-0.2, 0) is 16.6 Å². The summed E-state index contributed by atoms with van der Waals surface area (Å²) in [6.07, 6.45) is 0. The summed E-state index contributed by atoms with van der Waals surface area (Å²) in [5, 5.41) is 6.69. The van der Waals surface area contributed by atoms with Gasteiger partial charge in [-0.05, 0) is 19.4 Å². The Balaban J connectivity index is 2.37. The fourth-order valence-corrected chi connectivity index (χ4v) is 4.04. The summed E-state index contributed by atoms with van der Waals surface area (Å²) in [4.78, 5) is 0.242. The highest BCUT2D eigenvalue weighted by Gasteiger charge is 2.29. The van der Waals surface area contributed by atoms with E-state index in [4.69, 9.17) is 5.73 Å². The van der Waals surface area contributed by atoms with Crippen molar-refractivity contribution < 1.29 is 8.42 Å². The van der Waals surface area contributed by atoms with Gasteiger partial charge in [0.1, 0.15) is 4.90 Å². The van der Waals surface area contributed by atoms with E-state index in [0.717, 1.165) is 5.56 Å². The summed E-state index contributed by atoms with van der Waals surface area (Å²) in [7, 11) is -3.62. The first-order valence-corrected chi connectivity index (χ1v) is 8.16. The van der Waals surface area contributed by atoms with Gasteiger partial charge in [0.05, 0.1) is 11.4 Å². The van der Waals surface area contributed by atoms with Gasteiger partial charge >= 0.3 is 0 Å². The van der Waals surface area contributed by atoms with Crippen molar-refractivity contribution >= 4 is 10.0 Å². The smallest absolute Gasteiger partial charge is 0.247 e. The molecule has 0 atom stereocenters. The van der Waals surface area contributed by atoms with Crippen LogP contribution in [0.25, 0.3) is 0 Å². The van der Waals surface area contributed by atoms with Crippen LogP contribution in [0.1, 0.15) is 17.0 Å². The number of H-pyrrole nitrogens is 1. The number of rotatable bonds is 6. The second-order valence-corrected chi connectivity index (χ2v) is 6.75. The van der Waals surface area contributed by atoms with Crippen molar-refractivity contribution in [2.24, 2.45) is 5.73 Å². The third kappa shape index (κ3) is 3.31. The van der Waals surface area contributed by atoms with Gasteiger partial charge in [-0.1, -0.05) is 30.3 Å². The van der Waals surface area contributed by atoms with Crippen LogP contribution >= 0.6 is 0 Å². The van der Waals surface area contributed by atoms with Crippen molar-refractivity contribution in [3.8, 4) is 0 Å². The van der Waals surface area contributed by atoms with Crippen LogP contribution in [0.15, 0.2) is 35.2 Å². The van der Waals surface area contributed by atoms with Crippen LogP contribution in [0, 0.1) is 13.8 Å². The lowest BCUT2D eigenvalue weighted by Crippen LogP contribution is -2.35. The first kappa shape index (κ1) is 15.7. The number of aryl methyl sites for hydroxylation is 2. The van der Waals surface area contributed by atoms with Gasteiger partial charge in [-0.2, -0.15) is 9.40 Å². The highest BCUT2D eigenvalue weighted by atomic mass is 32.2. The molecular weight excluding hydrogens is 288 g/mol. The third-order valence-electron chi connectivity index (χ3n) is 3.24. The summed E-state index contributed by atoms with van der Waals surface area (Å²) in [5.74, 6) is 0. The largest absolute Gasteiger partial charge is 0.329 e. The van der Waals surface area contributed by atoms with Gasteiger partial charge in [-0.25, -0.2) is 8.42 Å². The Bertz CT molecular complexity index is 676. The number of sulfonamides is 1. The lowest BCUT2D eigenvalue weighted by molar-refractivity contribution is 0.413. The average molecular weight is 308 g/mol. The first-order valence-electron chi connectivity index (χ1n) is 6.72. The van der Waals surface area contributed by atoms with Crippen molar-refractivity contribution in [2.45, 2.75) is 25.3 Å². The lowest BCUT2D eigenvalue weighted by Gasteiger charge is -2.21. The highest BCUT2D eigenvalue weighted by molar-refractivity contribution is 7.89. The number of benzene rings is 1. The van der Waals surface area contributed by atoms with E-state index in [1.807, 2.05) is 30.3 Å². The second kappa shape index (κ2) is 6.38. The van der Waals surface area contributed by atoms with Gasteiger partial charge in [0, 0.05) is 19.6 Å². The lowest BCUT2D eigenvalue weighted by atomic mass is 10.2. The zero-order valence-corrected chi connectivity index (χ0v) is 13.0. The van der Waals surface area contributed by atoms with E-state index in [1.54, 1.807) is 13.8 Å². The minimum absolute atomic E-state index is 0.242. The van der Waals surface area contributed by atoms with Crippen LogP contribution in [0.5, 0.6) is 0 Å². The van der Waals surface area contributed by atoms with Gasteiger partial charge < -0.3 is 5.73 Å². The predicted molar refractivity (Wildman–Crippen MR) is 81.2 cm³/mol. The van der Waals surface area contributed by atoms with Gasteiger partial charge in [-0.15, -0.1) is 0 Å². The van der Waals surface area contributed by atoms with E-state index >= 15 is 0 Å². The maximum atomic E-state index is 12.8. The predicted octanol–water partition coefficient (Wildman–Crippen LogP) is 1.18. The molecule has 0 saturated heterocycles. The fraction of sp³-hybridized carbons (Fsp3) is 0.357. The number of nitrogens with one attached hydrogen (secondary N) is 1. The molecule has 0 spiro atoms. The SMILES string of the molecule is Cc1n[nH]c(C)c1S(=O)(=O)N(CCN)Cc1ccccc1. The van der Waals surface area contributed by atoms with Gasteiger partial charge in [0.2, 0.25) is 10.0 Å². The molecule has 3 N–H and O–H groups in total. The van der Waals surface area contributed by atoms with Crippen LogP contribution in [0.3, 0.4) is 0 Å². The Morgan fingerprint density at radius 1 is 1.24 bits per heavy atom. The highest BCUT2D eigenvalue weighted by Crippen LogP contribution is 2.22. The molecule has 7 heteroatoms.